The van der Waals surface area contributed by atoms with Gasteiger partial charge in [-0.25, -0.2) is 4.98 Å². The molecule has 2 fully saturated rings. The summed E-state index contributed by atoms with van der Waals surface area (Å²) in [5.74, 6) is 2.41. The number of aromatic nitrogens is 3. The van der Waals surface area contributed by atoms with Crippen molar-refractivity contribution in [3.63, 3.8) is 0 Å². The Morgan fingerprint density at radius 1 is 1.35 bits per heavy atom. The van der Waals surface area contributed by atoms with Gasteiger partial charge in [0.25, 0.3) is 0 Å². The lowest BCUT2D eigenvalue weighted by molar-refractivity contribution is -0.118. The predicted octanol–water partition coefficient (Wildman–Crippen LogP) is 3.34. The third-order valence-corrected chi connectivity index (χ3v) is 5.44. The van der Waals surface area contributed by atoms with E-state index >= 15 is 0 Å². The van der Waals surface area contributed by atoms with Gasteiger partial charge in [-0.05, 0) is 30.6 Å². The van der Waals surface area contributed by atoms with Gasteiger partial charge in [-0.15, -0.1) is 0 Å². The van der Waals surface area contributed by atoms with E-state index in [1.807, 2.05) is 40.9 Å². The minimum Gasteiger partial charge on any atom is -0.496 e. The molecule has 1 aliphatic heterocycles. The molecule has 1 saturated carbocycles. The number of ether oxygens (including phenoxy) is 1. The first-order chi connectivity index (χ1) is 15.1. The van der Waals surface area contributed by atoms with Crippen molar-refractivity contribution < 1.29 is 9.53 Å². The number of hydrogen-bond acceptors (Lipinski definition) is 6. The largest absolute Gasteiger partial charge is 0.496 e. The number of nitrogens with zero attached hydrogens (tertiary/aromatic N) is 3. The van der Waals surface area contributed by atoms with Crippen LogP contribution in [0.4, 0.5) is 11.6 Å². The van der Waals surface area contributed by atoms with Gasteiger partial charge in [0.1, 0.15) is 17.4 Å². The normalized spacial score (nSPS) is 17.3. The first-order valence-electron chi connectivity index (χ1n) is 10.3. The molecular formula is C23H24N6O2. The minimum atomic E-state index is -0.0454. The number of carbonyl (C=O) groups excluding carboxylic acids is 1. The molecule has 0 spiro atoms. The van der Waals surface area contributed by atoms with Gasteiger partial charge < -0.3 is 20.7 Å². The van der Waals surface area contributed by atoms with Crippen molar-refractivity contribution in [2.45, 2.75) is 31.8 Å². The summed E-state index contributed by atoms with van der Waals surface area (Å²) in [5.41, 5.74) is 4.09. The summed E-state index contributed by atoms with van der Waals surface area (Å²) in [5, 5.41) is 14.2. The SMILES string of the molecule is C=C1NC(=O)C/C1=C\c1cnn2c(NC3CC3)cc(NCc3ccccc3OC)nc12. The number of rotatable bonds is 7. The van der Waals surface area contributed by atoms with E-state index in [1.54, 1.807) is 13.3 Å². The quantitative estimate of drug-likeness (QED) is 0.547. The van der Waals surface area contributed by atoms with Crippen LogP contribution in [0.25, 0.3) is 11.7 Å². The lowest BCUT2D eigenvalue weighted by atomic mass is 10.1. The standard InChI is InChI=1S/C23H24N6O2/c1-14-16(10-22(30)26-14)9-17-13-25-29-21(27-18-7-8-18)11-20(28-23(17)29)24-12-15-5-3-4-6-19(15)31-2/h3-6,9,11,13,18,27H,1,7-8,10,12H2,2H3,(H,24,28)(H,26,30)/b16-9+. The van der Waals surface area contributed by atoms with Gasteiger partial charge in [-0.1, -0.05) is 24.8 Å². The highest BCUT2D eigenvalue weighted by atomic mass is 16.5. The topological polar surface area (TPSA) is 92.6 Å². The number of carbonyl (C=O) groups is 1. The molecule has 1 saturated heterocycles. The van der Waals surface area contributed by atoms with E-state index in [-0.39, 0.29) is 5.91 Å². The van der Waals surface area contributed by atoms with Crippen molar-refractivity contribution in [1.29, 1.82) is 0 Å². The molecule has 31 heavy (non-hydrogen) atoms. The number of methoxy groups -OCH3 is 1. The Balaban J connectivity index is 1.50. The average Bonchev–Trinajstić information content (AvgIpc) is 3.41. The van der Waals surface area contributed by atoms with Crippen molar-refractivity contribution in [1.82, 2.24) is 19.9 Å². The molecule has 5 rings (SSSR count). The smallest absolute Gasteiger partial charge is 0.228 e. The number of amides is 1. The summed E-state index contributed by atoms with van der Waals surface area (Å²) in [4.78, 5) is 16.5. The molecule has 1 aliphatic carbocycles. The molecule has 0 atom stereocenters. The maximum atomic E-state index is 11.7. The maximum Gasteiger partial charge on any atom is 0.228 e. The zero-order valence-corrected chi connectivity index (χ0v) is 17.3. The highest BCUT2D eigenvalue weighted by Crippen LogP contribution is 2.29. The summed E-state index contributed by atoms with van der Waals surface area (Å²) in [7, 11) is 1.67. The predicted molar refractivity (Wildman–Crippen MR) is 120 cm³/mol. The number of fused-ring (bicyclic) bond motifs is 1. The van der Waals surface area contributed by atoms with E-state index < -0.39 is 0 Å². The molecule has 0 radical (unpaired) electrons. The molecule has 3 N–H and O–H groups in total. The molecule has 3 heterocycles. The van der Waals surface area contributed by atoms with Gasteiger partial charge in [0, 0.05) is 35.5 Å². The van der Waals surface area contributed by atoms with Crippen molar-refractivity contribution in [3.8, 4) is 5.75 Å². The first-order valence-corrected chi connectivity index (χ1v) is 10.3. The van der Waals surface area contributed by atoms with E-state index in [1.165, 1.54) is 0 Å². The molecule has 8 nitrogen and oxygen atoms in total. The fourth-order valence-electron chi connectivity index (χ4n) is 3.64. The van der Waals surface area contributed by atoms with E-state index in [9.17, 15) is 4.79 Å². The van der Waals surface area contributed by atoms with Crippen LogP contribution < -0.4 is 20.7 Å². The Bertz CT molecular complexity index is 1210. The molecule has 1 amide bonds. The summed E-state index contributed by atoms with van der Waals surface area (Å²) in [6, 6.07) is 10.4. The third-order valence-electron chi connectivity index (χ3n) is 5.44. The van der Waals surface area contributed by atoms with Crippen LogP contribution in [0.2, 0.25) is 0 Å². The summed E-state index contributed by atoms with van der Waals surface area (Å²) in [6.07, 6.45) is 6.32. The second-order valence-corrected chi connectivity index (χ2v) is 7.82. The van der Waals surface area contributed by atoms with Crippen LogP contribution in [0.3, 0.4) is 0 Å². The second-order valence-electron chi connectivity index (χ2n) is 7.82. The summed E-state index contributed by atoms with van der Waals surface area (Å²) >= 11 is 0. The molecular weight excluding hydrogens is 392 g/mol. The summed E-state index contributed by atoms with van der Waals surface area (Å²) < 4.78 is 7.26. The molecule has 2 aliphatic rings. The van der Waals surface area contributed by atoms with Gasteiger partial charge in [0.2, 0.25) is 5.91 Å². The van der Waals surface area contributed by atoms with Gasteiger partial charge in [0.05, 0.1) is 19.7 Å². The lowest BCUT2D eigenvalue weighted by Crippen LogP contribution is -2.10. The fraction of sp³-hybridized carbons (Fsp3) is 0.261. The number of allylic oxidation sites excluding steroid dienone is 1. The lowest BCUT2D eigenvalue weighted by Gasteiger charge is -2.13. The van der Waals surface area contributed by atoms with E-state index in [2.05, 4.69) is 27.6 Å². The van der Waals surface area contributed by atoms with Gasteiger partial charge in [-0.3, -0.25) is 4.79 Å². The van der Waals surface area contributed by atoms with Crippen LogP contribution in [0.1, 0.15) is 30.4 Å². The highest BCUT2D eigenvalue weighted by Gasteiger charge is 2.24. The summed E-state index contributed by atoms with van der Waals surface area (Å²) in [6.45, 7) is 4.50. The number of benzene rings is 1. The molecule has 2 aromatic heterocycles. The van der Waals surface area contributed by atoms with Crippen LogP contribution in [0, 0.1) is 0 Å². The van der Waals surface area contributed by atoms with Gasteiger partial charge in [0.15, 0.2) is 5.65 Å². The van der Waals surface area contributed by atoms with Crippen LogP contribution in [0.15, 0.2) is 54.4 Å². The Morgan fingerprint density at radius 3 is 2.94 bits per heavy atom. The van der Waals surface area contributed by atoms with E-state index in [0.717, 1.165) is 46.9 Å². The fourth-order valence-corrected chi connectivity index (χ4v) is 3.64. The molecule has 0 bridgehead atoms. The molecule has 158 valence electrons. The van der Waals surface area contributed by atoms with Crippen LogP contribution in [-0.4, -0.2) is 33.7 Å². The van der Waals surface area contributed by atoms with Crippen molar-refractivity contribution >= 4 is 29.3 Å². The molecule has 1 aromatic carbocycles. The number of anilines is 2. The van der Waals surface area contributed by atoms with Crippen LogP contribution in [0.5, 0.6) is 5.75 Å². The Hall–Kier alpha value is -3.81. The second kappa shape index (κ2) is 7.79. The number of para-hydroxylation sites is 1. The van der Waals surface area contributed by atoms with Crippen molar-refractivity contribution in [2.75, 3.05) is 17.7 Å². The van der Waals surface area contributed by atoms with Crippen LogP contribution >= 0.6 is 0 Å². The van der Waals surface area contributed by atoms with Crippen LogP contribution in [-0.2, 0) is 11.3 Å². The zero-order chi connectivity index (χ0) is 21.4. The number of hydrogen-bond donors (Lipinski definition) is 3. The first kappa shape index (κ1) is 19.2. The monoisotopic (exact) mass is 416 g/mol. The van der Waals surface area contributed by atoms with Gasteiger partial charge >= 0.3 is 0 Å². The maximum absolute atomic E-state index is 11.7. The average molecular weight is 416 g/mol. The molecule has 8 heteroatoms. The molecule has 3 aromatic rings. The van der Waals surface area contributed by atoms with E-state index in [0.29, 0.717) is 30.4 Å². The van der Waals surface area contributed by atoms with Crippen molar-refractivity contribution in [3.05, 3.63) is 65.5 Å². The third kappa shape index (κ3) is 3.96. The zero-order valence-electron chi connectivity index (χ0n) is 17.3. The molecule has 0 unspecified atom stereocenters. The Morgan fingerprint density at radius 2 is 2.19 bits per heavy atom. The van der Waals surface area contributed by atoms with E-state index in [4.69, 9.17) is 9.72 Å². The Kier molecular flexibility index (Phi) is 4.82. The Labute approximate surface area is 180 Å². The number of nitrogens with one attached hydrogen (secondary N) is 3. The highest BCUT2D eigenvalue weighted by molar-refractivity contribution is 5.89. The van der Waals surface area contributed by atoms with Crippen molar-refractivity contribution in [2.24, 2.45) is 0 Å². The van der Waals surface area contributed by atoms with Gasteiger partial charge in [-0.2, -0.15) is 9.61 Å². The minimum absolute atomic E-state index is 0.0454.